The van der Waals surface area contributed by atoms with Crippen molar-refractivity contribution in [3.63, 3.8) is 0 Å². The minimum absolute atomic E-state index is 0.157. The van der Waals surface area contributed by atoms with Crippen LogP contribution in [0.25, 0.3) is 10.2 Å². The fraction of sp³-hybridized carbons (Fsp3) is 0.533. The van der Waals surface area contributed by atoms with Gasteiger partial charge in [0, 0.05) is 12.1 Å². The first kappa shape index (κ1) is 14.3. The topological polar surface area (TPSA) is 68.1 Å². The first-order valence-electron chi connectivity index (χ1n) is 7.35. The highest BCUT2D eigenvalue weighted by atomic mass is 32.1. The molecule has 1 fully saturated rings. The number of benzene rings is 1. The monoisotopic (exact) mass is 305 g/mol. The summed E-state index contributed by atoms with van der Waals surface area (Å²) in [6.07, 6.45) is 4.59. The fourth-order valence-electron chi connectivity index (χ4n) is 3.13. The maximum Gasteiger partial charge on any atom is 0.293 e. The first-order valence-corrected chi connectivity index (χ1v) is 8.16. The molecule has 1 heterocycles. The van der Waals surface area contributed by atoms with Crippen LogP contribution in [-0.4, -0.2) is 15.9 Å². The Kier molecular flexibility index (Phi) is 3.80. The maximum absolute atomic E-state index is 11.3. The van der Waals surface area contributed by atoms with Crippen LogP contribution >= 0.6 is 11.3 Å². The molecule has 0 radical (unpaired) electrons. The molecule has 0 bridgehead atoms. The standard InChI is InChI=1S/C15H19N3O2S/c1-9-4-3-5-11(6-9)17-12-7-13-15(21-10(2)16-13)8-14(12)18(19)20/h7-9,11,17H,3-6H2,1-2H3. The zero-order valence-electron chi connectivity index (χ0n) is 12.3. The van der Waals surface area contributed by atoms with Crippen molar-refractivity contribution < 1.29 is 4.92 Å². The number of rotatable bonds is 3. The summed E-state index contributed by atoms with van der Waals surface area (Å²) in [7, 11) is 0. The van der Waals surface area contributed by atoms with Crippen LogP contribution in [0.3, 0.4) is 0 Å². The van der Waals surface area contributed by atoms with Crippen LogP contribution in [0.2, 0.25) is 0 Å². The molecule has 0 aliphatic heterocycles. The van der Waals surface area contributed by atoms with E-state index in [4.69, 9.17) is 0 Å². The first-order chi connectivity index (χ1) is 10.0. The van der Waals surface area contributed by atoms with Crippen LogP contribution in [0, 0.1) is 23.0 Å². The van der Waals surface area contributed by atoms with E-state index in [1.165, 1.54) is 24.2 Å². The molecule has 0 amide bonds. The van der Waals surface area contributed by atoms with Gasteiger partial charge in [-0.05, 0) is 31.7 Å². The largest absolute Gasteiger partial charge is 0.377 e. The van der Waals surface area contributed by atoms with E-state index < -0.39 is 0 Å². The molecule has 0 saturated heterocycles. The summed E-state index contributed by atoms with van der Waals surface area (Å²) in [6, 6.07) is 3.80. The van der Waals surface area contributed by atoms with Crippen LogP contribution in [0.15, 0.2) is 12.1 Å². The number of thiazole rings is 1. The molecule has 2 aromatic rings. The van der Waals surface area contributed by atoms with Crippen LogP contribution < -0.4 is 5.32 Å². The molecular weight excluding hydrogens is 286 g/mol. The number of nitro groups is 1. The minimum Gasteiger partial charge on any atom is -0.377 e. The maximum atomic E-state index is 11.3. The SMILES string of the molecule is Cc1nc2cc(NC3CCCC(C)C3)c([N+](=O)[O-])cc2s1. The Balaban J connectivity index is 1.95. The van der Waals surface area contributed by atoms with Gasteiger partial charge in [0.25, 0.3) is 5.69 Å². The normalized spacial score (nSPS) is 22.4. The molecule has 21 heavy (non-hydrogen) atoms. The highest BCUT2D eigenvalue weighted by molar-refractivity contribution is 7.18. The Morgan fingerprint density at radius 2 is 2.24 bits per heavy atom. The van der Waals surface area contributed by atoms with E-state index >= 15 is 0 Å². The molecule has 6 heteroatoms. The van der Waals surface area contributed by atoms with Crippen molar-refractivity contribution >= 4 is 32.9 Å². The molecule has 2 atom stereocenters. The Morgan fingerprint density at radius 1 is 1.43 bits per heavy atom. The molecule has 1 saturated carbocycles. The third kappa shape index (κ3) is 3.00. The van der Waals surface area contributed by atoms with Gasteiger partial charge in [-0.2, -0.15) is 0 Å². The highest BCUT2D eigenvalue weighted by Gasteiger charge is 2.23. The van der Waals surface area contributed by atoms with Gasteiger partial charge in [-0.3, -0.25) is 10.1 Å². The van der Waals surface area contributed by atoms with Crippen LogP contribution in [-0.2, 0) is 0 Å². The summed E-state index contributed by atoms with van der Waals surface area (Å²) in [5, 5.41) is 15.6. The lowest BCUT2D eigenvalue weighted by Gasteiger charge is -2.28. The Morgan fingerprint density at radius 3 is 2.95 bits per heavy atom. The molecule has 2 unspecified atom stereocenters. The number of nitrogens with zero attached hydrogens (tertiary/aromatic N) is 2. The smallest absolute Gasteiger partial charge is 0.293 e. The molecule has 5 nitrogen and oxygen atoms in total. The van der Waals surface area contributed by atoms with Crippen molar-refractivity contribution in [2.75, 3.05) is 5.32 Å². The summed E-state index contributed by atoms with van der Waals surface area (Å²) < 4.78 is 0.877. The zero-order valence-corrected chi connectivity index (χ0v) is 13.1. The van der Waals surface area contributed by atoms with Crippen molar-refractivity contribution in [3.8, 4) is 0 Å². The minimum atomic E-state index is -0.302. The number of anilines is 1. The molecule has 1 aromatic heterocycles. The van der Waals surface area contributed by atoms with Gasteiger partial charge in [-0.1, -0.05) is 19.8 Å². The summed E-state index contributed by atoms with van der Waals surface area (Å²) in [6.45, 7) is 4.17. The van der Waals surface area contributed by atoms with Gasteiger partial charge in [0.1, 0.15) is 5.69 Å². The van der Waals surface area contributed by atoms with E-state index in [1.807, 2.05) is 13.0 Å². The number of fused-ring (bicyclic) bond motifs is 1. The van der Waals surface area contributed by atoms with E-state index in [0.29, 0.717) is 17.6 Å². The third-order valence-corrected chi connectivity index (χ3v) is 5.04. The second-order valence-electron chi connectivity index (χ2n) is 5.94. The van der Waals surface area contributed by atoms with Gasteiger partial charge >= 0.3 is 0 Å². The number of nitro benzene ring substituents is 1. The van der Waals surface area contributed by atoms with Gasteiger partial charge in [-0.15, -0.1) is 11.3 Å². The van der Waals surface area contributed by atoms with Gasteiger partial charge in [0.15, 0.2) is 0 Å². The lowest BCUT2D eigenvalue weighted by molar-refractivity contribution is -0.383. The average molecular weight is 305 g/mol. The lowest BCUT2D eigenvalue weighted by atomic mass is 9.87. The summed E-state index contributed by atoms with van der Waals surface area (Å²) in [5.74, 6) is 0.681. The van der Waals surface area contributed by atoms with E-state index in [2.05, 4.69) is 17.2 Å². The number of hydrogen-bond acceptors (Lipinski definition) is 5. The predicted molar refractivity (Wildman–Crippen MR) is 86.1 cm³/mol. The number of aromatic nitrogens is 1. The Bertz CT molecular complexity index is 683. The molecule has 1 N–H and O–H groups in total. The van der Waals surface area contributed by atoms with Gasteiger partial charge in [-0.25, -0.2) is 4.98 Å². The van der Waals surface area contributed by atoms with Crippen molar-refractivity contribution in [1.82, 2.24) is 4.98 Å². The fourth-order valence-corrected chi connectivity index (χ4v) is 3.97. The van der Waals surface area contributed by atoms with Crippen molar-refractivity contribution in [3.05, 3.63) is 27.3 Å². The lowest BCUT2D eigenvalue weighted by Crippen LogP contribution is -2.26. The quantitative estimate of drug-likeness (QED) is 0.669. The zero-order chi connectivity index (χ0) is 15.0. The second-order valence-corrected chi connectivity index (χ2v) is 7.17. The van der Waals surface area contributed by atoms with E-state index in [9.17, 15) is 10.1 Å². The number of nitrogens with one attached hydrogen (secondary N) is 1. The predicted octanol–water partition coefficient (Wildman–Crippen LogP) is 4.50. The Hall–Kier alpha value is -1.69. The van der Waals surface area contributed by atoms with Crippen molar-refractivity contribution in [1.29, 1.82) is 0 Å². The highest BCUT2D eigenvalue weighted by Crippen LogP contribution is 2.35. The van der Waals surface area contributed by atoms with E-state index in [0.717, 1.165) is 28.1 Å². The Labute approximate surface area is 127 Å². The van der Waals surface area contributed by atoms with Crippen molar-refractivity contribution in [2.24, 2.45) is 5.92 Å². The molecule has 1 aromatic carbocycles. The summed E-state index contributed by atoms with van der Waals surface area (Å²) in [5.41, 5.74) is 1.61. The van der Waals surface area contributed by atoms with Crippen LogP contribution in [0.5, 0.6) is 0 Å². The second kappa shape index (κ2) is 5.60. The molecule has 112 valence electrons. The number of hydrogen-bond donors (Lipinski definition) is 1. The molecule has 1 aliphatic rings. The number of aryl methyl sites for hydroxylation is 1. The average Bonchev–Trinajstić information content (AvgIpc) is 2.76. The molecule has 3 rings (SSSR count). The van der Waals surface area contributed by atoms with Gasteiger partial charge < -0.3 is 5.32 Å². The van der Waals surface area contributed by atoms with Gasteiger partial charge in [0.2, 0.25) is 0 Å². The molecular formula is C15H19N3O2S. The molecule has 1 aliphatic carbocycles. The van der Waals surface area contributed by atoms with E-state index in [1.54, 1.807) is 6.07 Å². The van der Waals surface area contributed by atoms with Crippen LogP contribution in [0.4, 0.5) is 11.4 Å². The van der Waals surface area contributed by atoms with E-state index in [-0.39, 0.29) is 10.6 Å². The molecule has 0 spiro atoms. The summed E-state index contributed by atoms with van der Waals surface area (Å²) in [4.78, 5) is 15.5. The van der Waals surface area contributed by atoms with Crippen LogP contribution in [0.1, 0.15) is 37.6 Å². The van der Waals surface area contributed by atoms with Crippen molar-refractivity contribution in [2.45, 2.75) is 45.6 Å². The third-order valence-electron chi connectivity index (χ3n) is 4.11. The van der Waals surface area contributed by atoms with Gasteiger partial charge in [0.05, 0.1) is 20.1 Å². The summed E-state index contributed by atoms with van der Waals surface area (Å²) >= 11 is 1.50.